The molecule has 4 rings (SSSR count). The van der Waals surface area contributed by atoms with Crippen molar-refractivity contribution >= 4 is 61.2 Å². The van der Waals surface area contributed by atoms with E-state index in [4.69, 9.17) is 41.6 Å². The van der Waals surface area contributed by atoms with Crippen LogP contribution in [0.3, 0.4) is 0 Å². The predicted octanol–water partition coefficient (Wildman–Crippen LogP) is 3.75. The second-order valence-corrected chi connectivity index (χ2v) is 13.1. The maximum atomic E-state index is 12.8. The SMILES string of the molecule is CCOc1ccccc1OS(=O)(=O)NC(=O)Nc1nc(OC)cc(OC)n1.Cc1nn(-c2cc(NS(C)(=O)=O)c(Cl)cc2Cl)c(=O)n1C(F)F. The number of nitrogens with zero attached hydrogens (tertiary/aromatic N) is 5. The third-order valence-corrected chi connectivity index (χ3v) is 7.67. The van der Waals surface area contributed by atoms with Crippen molar-refractivity contribution in [2.75, 3.05) is 37.1 Å². The van der Waals surface area contributed by atoms with Gasteiger partial charge in [0, 0.05) is 0 Å². The third kappa shape index (κ3) is 10.8. The Morgan fingerprint density at radius 3 is 2.10 bits per heavy atom. The molecule has 0 saturated heterocycles. The normalized spacial score (nSPS) is 11.2. The van der Waals surface area contributed by atoms with Crippen LogP contribution in [0.5, 0.6) is 23.3 Å². The average Bonchev–Trinajstić information content (AvgIpc) is 3.31. The number of urea groups is 1. The molecule has 3 N–H and O–H groups in total. The Hall–Kier alpha value is -4.93. The molecule has 0 atom stereocenters. The molecule has 0 aliphatic rings. The van der Waals surface area contributed by atoms with Gasteiger partial charge in [0.2, 0.25) is 27.7 Å². The van der Waals surface area contributed by atoms with Crippen molar-refractivity contribution in [3.05, 3.63) is 68.8 Å². The van der Waals surface area contributed by atoms with E-state index in [1.165, 1.54) is 45.4 Å². The lowest BCUT2D eigenvalue weighted by Gasteiger charge is -2.12. The minimum Gasteiger partial charge on any atom is -0.490 e. The summed E-state index contributed by atoms with van der Waals surface area (Å²) in [5.41, 5.74) is -1.27. The number of nitrogens with one attached hydrogen (secondary N) is 3. The molecule has 0 spiro atoms. The van der Waals surface area contributed by atoms with Crippen molar-refractivity contribution < 1.29 is 48.8 Å². The molecule has 2 aromatic carbocycles. The molecule has 2 amide bonds. The van der Waals surface area contributed by atoms with Gasteiger partial charge in [-0.15, -0.1) is 5.10 Å². The Labute approximate surface area is 293 Å². The number of carbonyl (C=O) groups is 1. The number of benzene rings is 2. The summed E-state index contributed by atoms with van der Waals surface area (Å²) in [5.74, 6) is -0.0864. The van der Waals surface area contributed by atoms with E-state index in [0.717, 1.165) is 12.3 Å². The Kier molecular flexibility index (Phi) is 13.2. The number of carbonyl (C=O) groups excluding carboxylic acids is 1. The van der Waals surface area contributed by atoms with Crippen LogP contribution < -0.4 is 38.8 Å². The minimum absolute atomic E-state index is 0.0257. The number of anilines is 2. The highest BCUT2D eigenvalue weighted by molar-refractivity contribution is 7.92. The molecule has 24 heteroatoms. The Morgan fingerprint density at radius 1 is 0.980 bits per heavy atom. The number of sulfonamides is 1. The van der Waals surface area contributed by atoms with E-state index in [2.05, 4.69) is 25.1 Å². The van der Waals surface area contributed by atoms with Crippen LogP contribution in [0.1, 0.15) is 19.3 Å². The Bertz CT molecular complexity index is 2110. The fraction of sp³-hybridized carbons (Fsp3) is 0.269. The number of ether oxygens (including phenoxy) is 3. The second-order valence-electron chi connectivity index (χ2n) is 9.30. The summed E-state index contributed by atoms with van der Waals surface area (Å²) in [5, 5.41) is 5.78. The molecule has 0 fully saturated rings. The van der Waals surface area contributed by atoms with Crippen LogP contribution in [0.4, 0.5) is 25.2 Å². The molecule has 2 heterocycles. The number of amides is 2. The van der Waals surface area contributed by atoms with Crippen LogP contribution >= 0.6 is 23.2 Å². The van der Waals surface area contributed by atoms with E-state index in [-0.39, 0.29) is 61.0 Å². The van der Waals surface area contributed by atoms with Gasteiger partial charge in [-0.25, -0.2) is 27.3 Å². The van der Waals surface area contributed by atoms with Crippen LogP contribution in [0.15, 0.2) is 47.3 Å². The number of rotatable bonds is 12. The number of halogens is 4. The molecule has 4 aromatic rings. The van der Waals surface area contributed by atoms with Crippen molar-refractivity contribution in [3.8, 4) is 28.9 Å². The topological polar surface area (TPSA) is 224 Å². The fourth-order valence-corrected chi connectivity index (χ4v) is 5.51. The summed E-state index contributed by atoms with van der Waals surface area (Å²) in [7, 11) is -5.41. The van der Waals surface area contributed by atoms with Crippen molar-refractivity contribution in [2.24, 2.45) is 0 Å². The number of aryl methyl sites for hydroxylation is 1. The number of hydrogen-bond acceptors (Lipinski definition) is 13. The number of alkyl halides is 2. The van der Waals surface area contributed by atoms with Gasteiger partial charge in [0.1, 0.15) is 5.82 Å². The van der Waals surface area contributed by atoms with Gasteiger partial charge in [-0.1, -0.05) is 35.3 Å². The maximum Gasteiger partial charge on any atom is 0.411 e. The average molecular weight is 786 g/mol. The van der Waals surface area contributed by atoms with E-state index in [0.29, 0.717) is 11.3 Å². The standard InChI is InChI=1S/C15H18N4O7S.C11H10Cl2F2N4O3S/c1-4-25-10-7-5-6-8-11(10)26-27(21,22)19-15(20)18-14-16-12(23-2)9-13(17-14)24-3;1-5-16-19(11(20)18(5)10(14)15)9-4-8(17-23(2,21)22)6(12)3-7(9)13/h5-9H,4H2,1-3H3,(H2,16,17,18,19,20);3-4,10,17H,1-2H3. The molecule has 2 aromatic heterocycles. The lowest BCUT2D eigenvalue weighted by molar-refractivity contribution is 0.0640. The first-order chi connectivity index (χ1) is 23.4. The maximum absolute atomic E-state index is 12.8. The van der Waals surface area contributed by atoms with Crippen LogP contribution in [-0.2, 0) is 20.3 Å². The molecule has 50 heavy (non-hydrogen) atoms. The zero-order valence-corrected chi connectivity index (χ0v) is 29.6. The molecule has 272 valence electrons. The largest absolute Gasteiger partial charge is 0.490 e. The molecular formula is C26H28Cl2F2N8O10S2. The summed E-state index contributed by atoms with van der Waals surface area (Å²) in [4.78, 5) is 31.7. The van der Waals surface area contributed by atoms with Crippen molar-refractivity contribution in [2.45, 2.75) is 20.4 Å². The van der Waals surface area contributed by atoms with Gasteiger partial charge in [-0.05, 0) is 38.1 Å². The highest BCUT2D eigenvalue weighted by Gasteiger charge is 2.22. The lowest BCUT2D eigenvalue weighted by Crippen LogP contribution is -2.37. The zero-order valence-electron chi connectivity index (χ0n) is 26.5. The van der Waals surface area contributed by atoms with Gasteiger partial charge in [0.05, 0.1) is 54.6 Å². The molecule has 0 radical (unpaired) electrons. The molecular weight excluding hydrogens is 757 g/mol. The van der Waals surface area contributed by atoms with Gasteiger partial charge in [-0.2, -0.15) is 31.8 Å². The fourth-order valence-electron chi connectivity index (χ4n) is 3.68. The first-order valence-corrected chi connectivity index (χ1v) is 17.6. The van der Waals surface area contributed by atoms with E-state index < -0.39 is 38.6 Å². The number of hydrogen-bond donors (Lipinski definition) is 3. The first-order valence-electron chi connectivity index (χ1n) is 13.5. The van der Waals surface area contributed by atoms with Crippen molar-refractivity contribution in [1.29, 1.82) is 0 Å². The molecule has 0 aliphatic carbocycles. The monoisotopic (exact) mass is 784 g/mol. The number of aromatic nitrogens is 5. The van der Waals surface area contributed by atoms with Crippen LogP contribution in [0.25, 0.3) is 5.69 Å². The van der Waals surface area contributed by atoms with Gasteiger partial charge in [0.25, 0.3) is 0 Å². The molecule has 18 nitrogen and oxygen atoms in total. The zero-order chi connectivity index (χ0) is 37.4. The second kappa shape index (κ2) is 16.7. The van der Waals surface area contributed by atoms with E-state index in [9.17, 15) is 35.2 Å². The van der Waals surface area contributed by atoms with Crippen molar-refractivity contribution in [3.63, 3.8) is 0 Å². The lowest BCUT2D eigenvalue weighted by atomic mass is 10.3. The summed E-state index contributed by atoms with van der Waals surface area (Å²) in [6.45, 7) is 0.197. The van der Waals surface area contributed by atoms with E-state index in [1.54, 1.807) is 23.8 Å². The number of para-hydroxylation sites is 2. The third-order valence-electron chi connectivity index (χ3n) is 5.62. The predicted molar refractivity (Wildman–Crippen MR) is 177 cm³/mol. The molecule has 0 aliphatic heterocycles. The van der Waals surface area contributed by atoms with E-state index in [1.807, 2.05) is 0 Å². The highest BCUT2D eigenvalue weighted by atomic mass is 35.5. The smallest absolute Gasteiger partial charge is 0.411 e. The quantitative estimate of drug-likeness (QED) is 0.186. The van der Waals surface area contributed by atoms with Crippen LogP contribution in [0, 0.1) is 6.92 Å². The number of methoxy groups -OCH3 is 2. The minimum atomic E-state index is -4.49. The first kappa shape index (κ1) is 39.5. The Morgan fingerprint density at radius 2 is 1.58 bits per heavy atom. The van der Waals surface area contributed by atoms with Gasteiger partial charge < -0.3 is 18.4 Å². The molecule has 0 bridgehead atoms. The van der Waals surface area contributed by atoms with Crippen LogP contribution in [-0.4, -0.2) is 74.3 Å². The van der Waals surface area contributed by atoms with Gasteiger partial charge >= 0.3 is 28.6 Å². The van der Waals surface area contributed by atoms with Crippen molar-refractivity contribution in [1.82, 2.24) is 29.0 Å². The van der Waals surface area contributed by atoms with E-state index >= 15 is 0 Å². The Balaban J connectivity index is 0.000000274. The summed E-state index contributed by atoms with van der Waals surface area (Å²) >= 11 is 11.8. The summed E-state index contributed by atoms with van der Waals surface area (Å²) in [6, 6.07) is 8.68. The van der Waals surface area contributed by atoms with Crippen LogP contribution in [0.2, 0.25) is 10.0 Å². The highest BCUT2D eigenvalue weighted by Crippen LogP contribution is 2.32. The summed E-state index contributed by atoms with van der Waals surface area (Å²) in [6.07, 6.45) is 0.902. The van der Waals surface area contributed by atoms with Gasteiger partial charge in [0.15, 0.2) is 11.5 Å². The van der Waals surface area contributed by atoms with Gasteiger partial charge in [-0.3, -0.25) is 10.0 Å². The molecule has 0 unspecified atom stereocenters. The molecule has 0 saturated carbocycles. The summed E-state index contributed by atoms with van der Waals surface area (Å²) < 4.78 is 97.1.